The van der Waals surface area contributed by atoms with Crippen LogP contribution in [0.1, 0.15) is 64.2 Å². The summed E-state index contributed by atoms with van der Waals surface area (Å²) in [6, 6.07) is 5.58. The quantitative estimate of drug-likeness (QED) is 0.479. The number of hydrogen-bond acceptors (Lipinski definition) is 4. The lowest BCUT2D eigenvalue weighted by atomic mass is 9.56. The third kappa shape index (κ3) is 3.95. The number of carbonyl (C=O) groups excluding carboxylic acids is 2. The highest BCUT2D eigenvalue weighted by Gasteiger charge is 2.56. The number of rotatable bonds is 6. The fourth-order valence-electron chi connectivity index (χ4n) is 7.05. The van der Waals surface area contributed by atoms with Crippen molar-refractivity contribution in [2.45, 2.75) is 80.7 Å². The van der Waals surface area contributed by atoms with Gasteiger partial charge < -0.3 is 11.1 Å². The van der Waals surface area contributed by atoms with Crippen molar-refractivity contribution < 1.29 is 9.59 Å². The number of carbonyl (C=O) groups is 2. The first-order chi connectivity index (χ1) is 15.3. The average molecular weight is 497 g/mol. The number of hydrogen-bond donors (Lipinski definition) is 3. The minimum atomic E-state index is -0.627. The molecule has 5 fully saturated rings. The SMILES string of the molecule is NC(=O)C12CC3CCC(C1)C(NC(=O)C1(NSc4c(Cl)cccc4Cl)CCCC1)C(C3)C2. The van der Waals surface area contributed by atoms with E-state index in [2.05, 4.69) is 10.0 Å². The Balaban J connectivity index is 1.33. The maximum absolute atomic E-state index is 13.7. The Bertz CT molecular complexity index is 900. The van der Waals surface area contributed by atoms with Crippen LogP contribution >= 0.6 is 35.1 Å². The molecular formula is C24H31Cl2N3O2S. The van der Waals surface area contributed by atoms with E-state index in [1.807, 2.05) is 18.2 Å². The summed E-state index contributed by atoms with van der Waals surface area (Å²) < 4.78 is 3.47. The maximum Gasteiger partial charge on any atom is 0.241 e. The number of nitrogens with one attached hydrogen (secondary N) is 2. The van der Waals surface area contributed by atoms with E-state index in [1.54, 1.807) is 0 Å². The van der Waals surface area contributed by atoms with Crippen molar-refractivity contribution in [3.63, 3.8) is 0 Å². The molecule has 0 heterocycles. The lowest BCUT2D eigenvalue weighted by molar-refractivity contribution is -0.138. The molecule has 0 aromatic heterocycles. The third-order valence-corrected chi connectivity index (χ3v) is 10.6. The van der Waals surface area contributed by atoms with Crippen molar-refractivity contribution >= 4 is 47.0 Å². The van der Waals surface area contributed by atoms with Crippen LogP contribution in [0.25, 0.3) is 0 Å². The number of amides is 2. The van der Waals surface area contributed by atoms with Gasteiger partial charge in [-0.15, -0.1) is 0 Å². The Hall–Kier alpha value is -0.950. The van der Waals surface area contributed by atoms with Gasteiger partial charge in [-0.3, -0.25) is 9.59 Å². The van der Waals surface area contributed by atoms with Gasteiger partial charge in [-0.1, -0.05) is 48.5 Å². The van der Waals surface area contributed by atoms with Crippen LogP contribution in [0.15, 0.2) is 23.1 Å². The van der Waals surface area contributed by atoms with Crippen LogP contribution in [-0.2, 0) is 9.59 Å². The molecule has 0 spiro atoms. The van der Waals surface area contributed by atoms with E-state index in [9.17, 15) is 9.59 Å². The first-order valence-electron chi connectivity index (χ1n) is 11.8. The zero-order valence-corrected chi connectivity index (χ0v) is 20.5. The molecule has 5 unspecified atom stereocenters. The lowest BCUT2D eigenvalue weighted by Crippen LogP contribution is -2.61. The molecule has 0 radical (unpaired) electrons. The van der Waals surface area contributed by atoms with Gasteiger partial charge in [0.15, 0.2) is 0 Å². The van der Waals surface area contributed by atoms with Crippen LogP contribution in [-0.4, -0.2) is 23.4 Å². The molecule has 0 aliphatic heterocycles. The van der Waals surface area contributed by atoms with E-state index < -0.39 is 5.54 Å². The van der Waals surface area contributed by atoms with Crippen molar-refractivity contribution in [2.75, 3.05) is 0 Å². The van der Waals surface area contributed by atoms with Crippen LogP contribution in [0.5, 0.6) is 0 Å². The van der Waals surface area contributed by atoms with Gasteiger partial charge in [0.25, 0.3) is 0 Å². The summed E-state index contributed by atoms with van der Waals surface area (Å²) in [5.41, 5.74) is 4.91. The molecule has 1 aromatic rings. The van der Waals surface area contributed by atoms with E-state index in [1.165, 1.54) is 11.9 Å². The predicted octanol–water partition coefficient (Wildman–Crippen LogP) is 5.09. The minimum Gasteiger partial charge on any atom is -0.369 e. The molecule has 174 valence electrons. The Labute approximate surface area is 204 Å². The molecule has 5 aliphatic carbocycles. The molecule has 6 rings (SSSR count). The van der Waals surface area contributed by atoms with E-state index in [-0.39, 0.29) is 23.3 Å². The topological polar surface area (TPSA) is 84.2 Å². The number of fused-ring (bicyclic) bond motifs is 1. The van der Waals surface area contributed by atoms with E-state index in [4.69, 9.17) is 28.9 Å². The molecule has 5 saturated carbocycles. The average Bonchev–Trinajstić information content (AvgIpc) is 3.15. The van der Waals surface area contributed by atoms with Gasteiger partial charge in [-0.2, -0.15) is 0 Å². The Kier molecular flexibility index (Phi) is 6.19. The van der Waals surface area contributed by atoms with Crippen LogP contribution < -0.4 is 15.8 Å². The summed E-state index contributed by atoms with van der Waals surface area (Å²) >= 11 is 14.1. The van der Waals surface area contributed by atoms with Crippen molar-refractivity contribution in [1.29, 1.82) is 0 Å². The van der Waals surface area contributed by atoms with E-state index in [0.717, 1.165) is 69.1 Å². The molecule has 5 atom stereocenters. The van der Waals surface area contributed by atoms with Crippen molar-refractivity contribution in [2.24, 2.45) is 28.9 Å². The Morgan fingerprint density at radius 3 is 2.41 bits per heavy atom. The second kappa shape index (κ2) is 8.68. The molecule has 5 nitrogen and oxygen atoms in total. The summed E-state index contributed by atoms with van der Waals surface area (Å²) in [5, 5.41) is 4.64. The molecule has 5 aliphatic rings. The maximum atomic E-state index is 13.7. The summed E-state index contributed by atoms with van der Waals surface area (Å²) in [7, 11) is 0. The van der Waals surface area contributed by atoms with Crippen molar-refractivity contribution in [1.82, 2.24) is 10.0 Å². The van der Waals surface area contributed by atoms with E-state index in [0.29, 0.717) is 27.8 Å². The second-order valence-corrected chi connectivity index (χ2v) is 12.1. The number of benzene rings is 1. The van der Waals surface area contributed by atoms with Gasteiger partial charge >= 0.3 is 0 Å². The van der Waals surface area contributed by atoms with Crippen LogP contribution in [0.3, 0.4) is 0 Å². The zero-order valence-electron chi connectivity index (χ0n) is 18.2. The Morgan fingerprint density at radius 1 is 1.03 bits per heavy atom. The van der Waals surface area contributed by atoms with Gasteiger partial charge in [0.2, 0.25) is 11.8 Å². The summed E-state index contributed by atoms with van der Waals surface area (Å²) in [4.78, 5) is 26.9. The van der Waals surface area contributed by atoms with Crippen molar-refractivity contribution in [3.05, 3.63) is 28.2 Å². The predicted molar refractivity (Wildman–Crippen MR) is 128 cm³/mol. The number of primary amides is 1. The highest BCUT2D eigenvalue weighted by molar-refractivity contribution is 7.97. The van der Waals surface area contributed by atoms with Crippen molar-refractivity contribution in [3.8, 4) is 0 Å². The monoisotopic (exact) mass is 495 g/mol. The van der Waals surface area contributed by atoms with Crippen LogP contribution in [0.4, 0.5) is 0 Å². The standard InChI is InChI=1S/C24H31Cl2N3O2S/c25-17-4-3-5-18(26)20(17)32-29-24(8-1-2-9-24)22(31)28-19-15-7-6-14-10-16(19)13-23(11-14,12-15)21(27)30/h3-5,14-16,19,29H,1-2,6-13H2,(H2,27,30)(H,28,31). The first-order valence-corrected chi connectivity index (χ1v) is 13.4. The van der Waals surface area contributed by atoms with E-state index >= 15 is 0 Å². The van der Waals surface area contributed by atoms with Crippen LogP contribution in [0.2, 0.25) is 10.0 Å². The normalized spacial score (nSPS) is 34.9. The second-order valence-electron chi connectivity index (χ2n) is 10.5. The third-order valence-electron chi connectivity index (χ3n) is 8.56. The molecule has 4 N–H and O–H groups in total. The highest BCUT2D eigenvalue weighted by atomic mass is 35.5. The molecular weight excluding hydrogens is 465 g/mol. The van der Waals surface area contributed by atoms with Gasteiger partial charge in [0.1, 0.15) is 5.54 Å². The molecule has 2 amide bonds. The number of nitrogens with two attached hydrogens (primary N) is 1. The first kappa shape index (κ1) is 22.8. The summed E-state index contributed by atoms with van der Waals surface area (Å²) in [6.45, 7) is 0. The van der Waals surface area contributed by atoms with Gasteiger partial charge in [-0.25, -0.2) is 4.72 Å². The molecule has 1 aromatic carbocycles. The molecule has 8 heteroatoms. The van der Waals surface area contributed by atoms with Gasteiger partial charge in [-0.05, 0) is 86.8 Å². The molecule has 32 heavy (non-hydrogen) atoms. The van der Waals surface area contributed by atoms with Gasteiger partial charge in [0.05, 0.1) is 14.9 Å². The Morgan fingerprint density at radius 2 is 1.72 bits per heavy atom. The molecule has 4 bridgehead atoms. The minimum absolute atomic E-state index is 0.0799. The van der Waals surface area contributed by atoms with Crippen LogP contribution in [0, 0.1) is 23.2 Å². The fraction of sp³-hybridized carbons (Fsp3) is 0.667. The fourth-order valence-corrected chi connectivity index (χ4v) is 8.60. The number of halogens is 2. The smallest absolute Gasteiger partial charge is 0.241 e. The summed E-state index contributed by atoms with van der Waals surface area (Å²) in [5.74, 6) is 1.18. The van der Waals surface area contributed by atoms with Gasteiger partial charge in [0, 0.05) is 11.5 Å². The highest BCUT2D eigenvalue weighted by Crippen LogP contribution is 2.57. The largest absolute Gasteiger partial charge is 0.369 e. The molecule has 0 saturated heterocycles. The zero-order chi connectivity index (χ0) is 22.5. The lowest BCUT2D eigenvalue weighted by Gasteiger charge is -2.50. The summed E-state index contributed by atoms with van der Waals surface area (Å²) in [6.07, 6.45) is 9.53.